The van der Waals surface area contributed by atoms with Crippen molar-refractivity contribution in [1.29, 1.82) is 0 Å². The number of rotatable bonds is 6. The van der Waals surface area contributed by atoms with Crippen LogP contribution in [-0.4, -0.2) is 15.9 Å². The lowest BCUT2D eigenvalue weighted by molar-refractivity contribution is 0.798. The molecular weight excluding hydrogens is 352 g/mol. The second-order valence-electron chi connectivity index (χ2n) is 6.42. The van der Waals surface area contributed by atoms with Gasteiger partial charge in [-0.1, -0.05) is 48.9 Å². The maximum atomic E-state index is 5.30. The van der Waals surface area contributed by atoms with Crippen LogP contribution in [0.5, 0.6) is 0 Å². The number of nitrogens with zero attached hydrogens (tertiary/aromatic N) is 2. The molecule has 0 aliphatic heterocycles. The summed E-state index contributed by atoms with van der Waals surface area (Å²) in [6.45, 7) is 5.04. The first-order chi connectivity index (χ1) is 13.1. The van der Waals surface area contributed by atoms with Crippen LogP contribution in [0.15, 0.2) is 72.0 Å². The van der Waals surface area contributed by atoms with Gasteiger partial charge in [0, 0.05) is 18.4 Å². The number of anilines is 1. The van der Waals surface area contributed by atoms with E-state index < -0.39 is 0 Å². The van der Waals surface area contributed by atoms with Crippen LogP contribution in [0.25, 0.3) is 0 Å². The third-order valence-corrected chi connectivity index (χ3v) is 4.51. The van der Waals surface area contributed by atoms with Gasteiger partial charge >= 0.3 is 0 Å². The van der Waals surface area contributed by atoms with Gasteiger partial charge in [-0.3, -0.25) is 5.43 Å². The summed E-state index contributed by atoms with van der Waals surface area (Å²) in [4.78, 5) is 0. The molecule has 0 saturated carbocycles. The molecule has 138 valence electrons. The van der Waals surface area contributed by atoms with Crippen molar-refractivity contribution < 1.29 is 0 Å². The maximum Gasteiger partial charge on any atom is 0.191 e. The van der Waals surface area contributed by atoms with E-state index in [2.05, 4.69) is 70.7 Å². The van der Waals surface area contributed by atoms with Gasteiger partial charge in [-0.05, 0) is 61.0 Å². The molecule has 0 aliphatic rings. The lowest BCUT2D eigenvalue weighted by atomic mass is 10.1. The van der Waals surface area contributed by atoms with E-state index in [9.17, 15) is 0 Å². The Morgan fingerprint density at radius 3 is 2.44 bits per heavy atom. The van der Waals surface area contributed by atoms with E-state index in [1.165, 1.54) is 16.7 Å². The van der Waals surface area contributed by atoms with Crippen LogP contribution in [-0.2, 0) is 13.0 Å². The van der Waals surface area contributed by atoms with E-state index in [4.69, 9.17) is 12.2 Å². The first kappa shape index (κ1) is 18.9. The molecule has 0 fully saturated rings. The lowest BCUT2D eigenvalue weighted by Crippen LogP contribution is -2.24. The quantitative estimate of drug-likeness (QED) is 0.371. The number of benzene rings is 2. The van der Waals surface area contributed by atoms with Crippen LogP contribution in [0, 0.1) is 6.92 Å². The van der Waals surface area contributed by atoms with Crippen molar-refractivity contribution in [3.63, 3.8) is 0 Å². The Balaban J connectivity index is 1.55. The number of thiocarbonyl (C=S) groups is 1. The molecule has 0 saturated heterocycles. The second-order valence-corrected chi connectivity index (χ2v) is 6.83. The molecule has 0 unspecified atom stereocenters. The summed E-state index contributed by atoms with van der Waals surface area (Å²) in [5.41, 5.74) is 8.65. The van der Waals surface area contributed by atoms with E-state index in [0.29, 0.717) is 5.11 Å². The molecule has 0 amide bonds. The van der Waals surface area contributed by atoms with Gasteiger partial charge in [0.05, 0.1) is 11.9 Å². The maximum absolute atomic E-state index is 5.30. The fourth-order valence-electron chi connectivity index (χ4n) is 2.72. The molecule has 3 aromatic rings. The average Bonchev–Trinajstić information content (AvgIpc) is 3.11. The summed E-state index contributed by atoms with van der Waals surface area (Å²) in [6, 6.07) is 20.8. The van der Waals surface area contributed by atoms with Gasteiger partial charge < -0.3 is 9.88 Å². The Morgan fingerprint density at radius 2 is 1.74 bits per heavy atom. The van der Waals surface area contributed by atoms with Crippen LogP contribution in [0.2, 0.25) is 0 Å². The van der Waals surface area contributed by atoms with Crippen LogP contribution in [0.4, 0.5) is 5.69 Å². The standard InChI is InChI=1S/C22H24N4S/c1-3-18-10-12-20(13-11-18)24-22(27)25-23-15-21-5-4-14-26(21)16-19-8-6-17(2)7-9-19/h4-15H,3,16H2,1-2H3,(H2,24,25,27)/b23-15-. The zero-order chi connectivity index (χ0) is 19.1. The fraction of sp³-hybridized carbons (Fsp3) is 0.182. The highest BCUT2D eigenvalue weighted by Crippen LogP contribution is 2.10. The van der Waals surface area contributed by atoms with Gasteiger partial charge in [0.1, 0.15) is 0 Å². The normalized spacial score (nSPS) is 10.9. The van der Waals surface area contributed by atoms with Gasteiger partial charge in [0.25, 0.3) is 0 Å². The summed E-state index contributed by atoms with van der Waals surface area (Å²) in [5.74, 6) is 0. The fourth-order valence-corrected chi connectivity index (χ4v) is 2.89. The predicted octanol–water partition coefficient (Wildman–Crippen LogP) is 4.73. The molecule has 0 atom stereocenters. The van der Waals surface area contributed by atoms with Gasteiger partial charge in [0.2, 0.25) is 0 Å². The highest BCUT2D eigenvalue weighted by Gasteiger charge is 2.01. The van der Waals surface area contributed by atoms with Crippen molar-refractivity contribution in [3.8, 4) is 0 Å². The van der Waals surface area contributed by atoms with Crippen LogP contribution < -0.4 is 10.7 Å². The summed E-state index contributed by atoms with van der Waals surface area (Å²) in [5, 5.41) is 7.86. The van der Waals surface area contributed by atoms with Crippen molar-refractivity contribution in [2.24, 2.45) is 5.10 Å². The molecule has 0 bridgehead atoms. The van der Waals surface area contributed by atoms with Crippen LogP contribution >= 0.6 is 12.2 Å². The third-order valence-electron chi connectivity index (χ3n) is 4.32. The van der Waals surface area contributed by atoms with E-state index in [1.807, 2.05) is 30.5 Å². The number of nitrogens with one attached hydrogen (secondary N) is 2. The zero-order valence-electron chi connectivity index (χ0n) is 15.6. The topological polar surface area (TPSA) is 41.4 Å². The van der Waals surface area contributed by atoms with E-state index >= 15 is 0 Å². The van der Waals surface area contributed by atoms with Crippen molar-refractivity contribution >= 4 is 29.2 Å². The minimum atomic E-state index is 0.465. The minimum absolute atomic E-state index is 0.465. The lowest BCUT2D eigenvalue weighted by Gasteiger charge is -2.08. The zero-order valence-corrected chi connectivity index (χ0v) is 16.5. The first-order valence-electron chi connectivity index (χ1n) is 9.03. The first-order valence-corrected chi connectivity index (χ1v) is 9.44. The van der Waals surface area contributed by atoms with Crippen molar-refractivity contribution in [3.05, 3.63) is 89.2 Å². The van der Waals surface area contributed by atoms with Gasteiger partial charge in [-0.25, -0.2) is 0 Å². The number of aryl methyl sites for hydroxylation is 2. The molecule has 1 heterocycles. The monoisotopic (exact) mass is 376 g/mol. The highest BCUT2D eigenvalue weighted by atomic mass is 32.1. The third kappa shape index (κ3) is 5.53. The van der Waals surface area contributed by atoms with Crippen LogP contribution in [0.3, 0.4) is 0 Å². The number of hydrogen-bond donors (Lipinski definition) is 2. The Labute approximate surface area is 165 Å². The average molecular weight is 377 g/mol. The molecule has 2 N–H and O–H groups in total. The predicted molar refractivity (Wildman–Crippen MR) is 117 cm³/mol. The van der Waals surface area contributed by atoms with Gasteiger partial charge in [-0.15, -0.1) is 0 Å². The van der Waals surface area contributed by atoms with E-state index in [1.54, 1.807) is 6.21 Å². The molecule has 5 heteroatoms. The minimum Gasteiger partial charge on any atom is -0.342 e. The Bertz CT molecular complexity index is 908. The molecule has 27 heavy (non-hydrogen) atoms. The van der Waals surface area contributed by atoms with Crippen molar-refractivity contribution in [1.82, 2.24) is 9.99 Å². The number of hydrazone groups is 1. The highest BCUT2D eigenvalue weighted by molar-refractivity contribution is 7.80. The Morgan fingerprint density at radius 1 is 1.04 bits per heavy atom. The SMILES string of the molecule is CCc1ccc(NC(=S)N/N=C\c2cccn2Cc2ccc(C)cc2)cc1. The van der Waals surface area contributed by atoms with Crippen molar-refractivity contribution in [2.45, 2.75) is 26.8 Å². The molecule has 0 radical (unpaired) electrons. The summed E-state index contributed by atoms with van der Waals surface area (Å²) < 4.78 is 2.15. The van der Waals surface area contributed by atoms with E-state index in [0.717, 1.165) is 24.3 Å². The number of aromatic nitrogens is 1. The van der Waals surface area contributed by atoms with Gasteiger partial charge in [0.15, 0.2) is 5.11 Å². The number of hydrogen-bond acceptors (Lipinski definition) is 2. The molecular formula is C22H24N4S. The van der Waals surface area contributed by atoms with E-state index in [-0.39, 0.29) is 0 Å². The van der Waals surface area contributed by atoms with Crippen molar-refractivity contribution in [2.75, 3.05) is 5.32 Å². The second kappa shape index (κ2) is 9.14. The molecule has 4 nitrogen and oxygen atoms in total. The Hall–Kier alpha value is -2.92. The molecule has 3 rings (SSSR count). The van der Waals surface area contributed by atoms with Crippen LogP contribution in [0.1, 0.15) is 29.3 Å². The molecule has 1 aromatic heterocycles. The largest absolute Gasteiger partial charge is 0.342 e. The summed E-state index contributed by atoms with van der Waals surface area (Å²) in [6.07, 6.45) is 4.85. The summed E-state index contributed by atoms with van der Waals surface area (Å²) >= 11 is 5.30. The molecule has 0 aliphatic carbocycles. The molecule has 0 spiro atoms. The summed E-state index contributed by atoms with van der Waals surface area (Å²) in [7, 11) is 0. The van der Waals surface area contributed by atoms with Gasteiger partial charge in [-0.2, -0.15) is 5.10 Å². The molecule has 2 aromatic carbocycles. The Kier molecular flexibility index (Phi) is 6.39. The smallest absolute Gasteiger partial charge is 0.191 e.